The Bertz CT molecular complexity index is 892. The highest BCUT2D eigenvalue weighted by Crippen LogP contribution is 2.26. The van der Waals surface area contributed by atoms with Crippen LogP contribution in [0.4, 0.5) is 0 Å². The first kappa shape index (κ1) is 13.7. The van der Waals surface area contributed by atoms with Crippen LogP contribution in [0.5, 0.6) is 0 Å². The van der Waals surface area contributed by atoms with Gasteiger partial charge in [-0.2, -0.15) is 0 Å². The molecule has 1 fully saturated rings. The largest absolute Gasteiger partial charge is 0.339 e. The molecular formula is C19H17ClN2. The molecule has 0 bridgehead atoms. The Morgan fingerprint density at radius 2 is 1.91 bits per heavy atom. The van der Waals surface area contributed by atoms with E-state index in [0.29, 0.717) is 11.1 Å². The number of hydrogen-bond acceptors (Lipinski definition) is 1. The Morgan fingerprint density at radius 3 is 2.77 bits per heavy atom. The van der Waals surface area contributed by atoms with Crippen LogP contribution in [0.1, 0.15) is 37.7 Å². The Balaban J connectivity index is 1.73. The molecular weight excluding hydrogens is 292 g/mol. The number of fused-ring (bicyclic) bond motifs is 3. The number of rotatable bonds is 0. The maximum absolute atomic E-state index is 5.96. The van der Waals surface area contributed by atoms with Crippen molar-refractivity contribution in [3.05, 3.63) is 41.0 Å². The van der Waals surface area contributed by atoms with Crippen molar-refractivity contribution in [3.8, 4) is 11.8 Å². The monoisotopic (exact) mass is 308 g/mol. The third-order valence-electron chi connectivity index (χ3n) is 4.45. The van der Waals surface area contributed by atoms with E-state index >= 15 is 0 Å². The van der Waals surface area contributed by atoms with Crippen molar-refractivity contribution >= 4 is 33.5 Å². The van der Waals surface area contributed by atoms with Gasteiger partial charge in [0.2, 0.25) is 0 Å². The van der Waals surface area contributed by atoms with E-state index in [1.807, 2.05) is 12.1 Å². The molecule has 0 amide bonds. The predicted molar refractivity (Wildman–Crippen MR) is 92.1 cm³/mol. The van der Waals surface area contributed by atoms with Crippen molar-refractivity contribution in [1.82, 2.24) is 9.97 Å². The summed E-state index contributed by atoms with van der Waals surface area (Å²) in [7, 11) is 0. The zero-order valence-corrected chi connectivity index (χ0v) is 13.1. The Morgan fingerprint density at radius 1 is 1.05 bits per heavy atom. The average molecular weight is 309 g/mol. The van der Waals surface area contributed by atoms with Crippen molar-refractivity contribution in [3.63, 3.8) is 0 Å². The van der Waals surface area contributed by atoms with Gasteiger partial charge < -0.3 is 4.98 Å². The fourth-order valence-electron chi connectivity index (χ4n) is 3.26. The average Bonchev–Trinajstić information content (AvgIpc) is 2.90. The molecule has 0 radical (unpaired) electrons. The van der Waals surface area contributed by atoms with Crippen LogP contribution >= 0.6 is 11.6 Å². The molecule has 22 heavy (non-hydrogen) atoms. The minimum atomic E-state index is 0.511. The lowest BCUT2D eigenvalue weighted by molar-refractivity contribution is 0.430. The normalized spacial score (nSPS) is 15.9. The van der Waals surface area contributed by atoms with E-state index in [1.165, 1.54) is 32.1 Å². The van der Waals surface area contributed by atoms with E-state index in [1.54, 1.807) is 0 Å². The second-order valence-electron chi connectivity index (χ2n) is 6.02. The number of nitrogens with one attached hydrogen (secondary N) is 1. The summed E-state index contributed by atoms with van der Waals surface area (Å²) in [6.07, 6.45) is 6.53. The zero-order valence-electron chi connectivity index (χ0n) is 12.3. The predicted octanol–water partition coefficient (Wildman–Crippen LogP) is 5.30. The number of nitrogens with zero attached hydrogens (tertiary/aromatic N) is 1. The fourth-order valence-corrected chi connectivity index (χ4v) is 3.41. The summed E-state index contributed by atoms with van der Waals surface area (Å²) < 4.78 is 0. The summed E-state index contributed by atoms with van der Waals surface area (Å²) in [6.45, 7) is 0. The summed E-state index contributed by atoms with van der Waals surface area (Å²) in [5.41, 5.74) is 2.99. The topological polar surface area (TPSA) is 28.7 Å². The number of hydrogen-bond donors (Lipinski definition) is 1. The molecule has 0 aliphatic heterocycles. The molecule has 2 aromatic heterocycles. The van der Waals surface area contributed by atoms with Crippen LogP contribution in [0.2, 0.25) is 5.15 Å². The minimum Gasteiger partial charge on any atom is -0.339 e. The van der Waals surface area contributed by atoms with E-state index in [9.17, 15) is 0 Å². The number of aromatic amines is 1. The SMILES string of the molecule is Clc1ccc2c(n1)[nH]c1ccc(C#CC3CCCCC3)cc12. The van der Waals surface area contributed by atoms with Crippen LogP contribution in [0.3, 0.4) is 0 Å². The molecule has 2 nitrogen and oxygen atoms in total. The highest BCUT2D eigenvalue weighted by molar-refractivity contribution is 6.30. The zero-order chi connectivity index (χ0) is 14.9. The van der Waals surface area contributed by atoms with Gasteiger partial charge in [0.25, 0.3) is 0 Å². The first-order valence-corrected chi connectivity index (χ1v) is 8.27. The smallest absolute Gasteiger partial charge is 0.140 e. The molecule has 1 aliphatic rings. The molecule has 2 heterocycles. The van der Waals surface area contributed by atoms with Gasteiger partial charge in [-0.05, 0) is 43.2 Å². The molecule has 3 heteroatoms. The van der Waals surface area contributed by atoms with Crippen LogP contribution in [-0.4, -0.2) is 9.97 Å². The van der Waals surface area contributed by atoms with Gasteiger partial charge in [-0.25, -0.2) is 4.98 Å². The standard InChI is InChI=1S/C19H17ClN2/c20-18-11-9-15-16-12-14(7-6-13-4-2-1-3-5-13)8-10-17(16)21-19(15)22-18/h8-13H,1-5H2,(H,21,22). The summed E-state index contributed by atoms with van der Waals surface area (Å²) in [4.78, 5) is 7.64. The van der Waals surface area contributed by atoms with Crippen molar-refractivity contribution in [2.45, 2.75) is 32.1 Å². The molecule has 1 aliphatic carbocycles. The van der Waals surface area contributed by atoms with Crippen LogP contribution in [0, 0.1) is 17.8 Å². The van der Waals surface area contributed by atoms with Gasteiger partial charge in [0, 0.05) is 27.8 Å². The molecule has 1 saturated carbocycles. The first-order valence-electron chi connectivity index (χ1n) is 7.89. The summed E-state index contributed by atoms with van der Waals surface area (Å²) in [6, 6.07) is 10.2. The molecule has 3 aromatic rings. The summed E-state index contributed by atoms with van der Waals surface area (Å²) >= 11 is 5.96. The highest BCUT2D eigenvalue weighted by atomic mass is 35.5. The lowest BCUT2D eigenvalue weighted by Crippen LogP contribution is -2.02. The third kappa shape index (κ3) is 2.58. The molecule has 0 unspecified atom stereocenters. The Kier molecular flexibility index (Phi) is 3.52. The number of pyridine rings is 1. The van der Waals surface area contributed by atoms with E-state index in [4.69, 9.17) is 11.6 Å². The van der Waals surface area contributed by atoms with Gasteiger partial charge >= 0.3 is 0 Å². The van der Waals surface area contributed by atoms with E-state index < -0.39 is 0 Å². The minimum absolute atomic E-state index is 0.511. The molecule has 4 rings (SSSR count). The van der Waals surface area contributed by atoms with Gasteiger partial charge in [0.15, 0.2) is 0 Å². The quantitative estimate of drug-likeness (QED) is 0.443. The number of halogens is 1. The Labute approximate surface area is 134 Å². The van der Waals surface area contributed by atoms with E-state index in [2.05, 4.69) is 40.0 Å². The molecule has 110 valence electrons. The van der Waals surface area contributed by atoms with Gasteiger partial charge in [-0.3, -0.25) is 0 Å². The first-order chi connectivity index (χ1) is 10.8. The second kappa shape index (κ2) is 5.66. The lowest BCUT2D eigenvalue weighted by atomic mass is 9.89. The van der Waals surface area contributed by atoms with Crippen molar-refractivity contribution in [2.75, 3.05) is 0 Å². The van der Waals surface area contributed by atoms with E-state index in [-0.39, 0.29) is 0 Å². The maximum Gasteiger partial charge on any atom is 0.140 e. The highest BCUT2D eigenvalue weighted by Gasteiger charge is 2.10. The van der Waals surface area contributed by atoms with E-state index in [0.717, 1.165) is 27.5 Å². The Hall–Kier alpha value is -1.98. The second-order valence-corrected chi connectivity index (χ2v) is 6.41. The molecule has 1 N–H and O–H groups in total. The van der Waals surface area contributed by atoms with Crippen molar-refractivity contribution < 1.29 is 0 Å². The summed E-state index contributed by atoms with van der Waals surface area (Å²) in [5.74, 6) is 7.39. The van der Waals surface area contributed by atoms with Crippen LogP contribution in [-0.2, 0) is 0 Å². The van der Waals surface area contributed by atoms with Gasteiger partial charge in [0.1, 0.15) is 10.8 Å². The van der Waals surface area contributed by atoms with Gasteiger partial charge in [-0.15, -0.1) is 0 Å². The third-order valence-corrected chi connectivity index (χ3v) is 4.66. The van der Waals surface area contributed by atoms with Gasteiger partial charge in [0.05, 0.1) is 0 Å². The number of benzene rings is 1. The molecule has 0 atom stereocenters. The number of aromatic nitrogens is 2. The van der Waals surface area contributed by atoms with Crippen LogP contribution in [0.15, 0.2) is 30.3 Å². The van der Waals surface area contributed by atoms with Gasteiger partial charge in [-0.1, -0.05) is 42.7 Å². The maximum atomic E-state index is 5.96. The summed E-state index contributed by atoms with van der Waals surface area (Å²) in [5, 5.41) is 2.77. The molecule has 0 saturated heterocycles. The lowest BCUT2D eigenvalue weighted by Gasteiger charge is -2.15. The fraction of sp³-hybridized carbons (Fsp3) is 0.316. The van der Waals surface area contributed by atoms with Crippen molar-refractivity contribution in [2.24, 2.45) is 5.92 Å². The number of H-pyrrole nitrogens is 1. The molecule has 0 spiro atoms. The van der Waals surface area contributed by atoms with Crippen LogP contribution in [0.25, 0.3) is 21.9 Å². The van der Waals surface area contributed by atoms with Crippen molar-refractivity contribution in [1.29, 1.82) is 0 Å². The molecule has 1 aromatic carbocycles. The van der Waals surface area contributed by atoms with Crippen LogP contribution < -0.4 is 0 Å².